The first-order valence-corrected chi connectivity index (χ1v) is 6.00. The van der Waals surface area contributed by atoms with Crippen molar-refractivity contribution in [2.45, 2.75) is 43.5 Å². The van der Waals surface area contributed by atoms with Crippen LogP contribution in [0.2, 0.25) is 0 Å². The monoisotopic (exact) mass is 278 g/mol. The molecule has 0 saturated heterocycles. The molecule has 7 heteroatoms. The van der Waals surface area contributed by atoms with E-state index >= 15 is 0 Å². The van der Waals surface area contributed by atoms with E-state index in [1.807, 2.05) is 0 Å². The highest BCUT2D eigenvalue weighted by molar-refractivity contribution is 5.36. The molecule has 106 valence electrons. The van der Waals surface area contributed by atoms with Gasteiger partial charge in [0.2, 0.25) is 0 Å². The average molecular weight is 278 g/mol. The van der Waals surface area contributed by atoms with Crippen molar-refractivity contribution in [1.82, 2.24) is 4.98 Å². The van der Waals surface area contributed by atoms with Crippen molar-refractivity contribution in [2.75, 3.05) is 5.32 Å². The normalized spacial score (nSPS) is 28.2. The van der Waals surface area contributed by atoms with Gasteiger partial charge in [-0.15, -0.1) is 0 Å². The van der Waals surface area contributed by atoms with Gasteiger partial charge in [0.05, 0.1) is 12.2 Å². The maximum atomic E-state index is 13.0. The average Bonchev–Trinajstić information content (AvgIpc) is 2.33. The van der Waals surface area contributed by atoms with Crippen LogP contribution in [0.25, 0.3) is 0 Å². The Morgan fingerprint density at radius 3 is 2.63 bits per heavy atom. The molecule has 2 N–H and O–H groups in total. The number of nitrogens with one attached hydrogen (secondary N) is 1. The highest BCUT2D eigenvalue weighted by Gasteiger charge is 2.59. The third-order valence-corrected chi connectivity index (χ3v) is 3.42. The lowest BCUT2D eigenvalue weighted by atomic mass is 9.79. The lowest BCUT2D eigenvalue weighted by molar-refractivity contribution is -0.272. The Labute approximate surface area is 107 Å². The summed E-state index contributed by atoms with van der Waals surface area (Å²) in [5.41, 5.74) is -2.76. The van der Waals surface area contributed by atoms with Crippen LogP contribution in [0.1, 0.15) is 25.7 Å². The molecule has 0 amide bonds. The molecule has 0 bridgehead atoms. The van der Waals surface area contributed by atoms with Crippen LogP contribution in [0.3, 0.4) is 0 Å². The highest BCUT2D eigenvalue weighted by atomic mass is 19.4. The van der Waals surface area contributed by atoms with E-state index in [2.05, 4.69) is 10.3 Å². The zero-order chi connectivity index (χ0) is 14.1. The van der Waals surface area contributed by atoms with Gasteiger partial charge in [-0.3, -0.25) is 0 Å². The predicted octanol–water partition coefficient (Wildman–Crippen LogP) is 2.87. The molecule has 1 heterocycles. The van der Waals surface area contributed by atoms with Crippen molar-refractivity contribution in [3.63, 3.8) is 0 Å². The van der Waals surface area contributed by atoms with E-state index < -0.39 is 23.6 Å². The number of halogens is 4. The fraction of sp³-hybridized carbons (Fsp3) is 0.583. The van der Waals surface area contributed by atoms with Crippen molar-refractivity contribution in [2.24, 2.45) is 0 Å². The lowest BCUT2D eigenvalue weighted by Crippen LogP contribution is -2.59. The van der Waals surface area contributed by atoms with Crippen molar-refractivity contribution in [1.29, 1.82) is 0 Å². The smallest absolute Gasteiger partial charge is 0.379 e. The Morgan fingerprint density at radius 1 is 1.32 bits per heavy atom. The van der Waals surface area contributed by atoms with Crippen LogP contribution < -0.4 is 5.32 Å². The number of alkyl halides is 3. The van der Waals surface area contributed by atoms with Crippen LogP contribution in [0.4, 0.5) is 23.4 Å². The van der Waals surface area contributed by atoms with Gasteiger partial charge in [0.1, 0.15) is 11.6 Å². The summed E-state index contributed by atoms with van der Waals surface area (Å²) in [6.45, 7) is 0. The predicted molar refractivity (Wildman–Crippen MR) is 61.1 cm³/mol. The Balaban J connectivity index is 2.19. The van der Waals surface area contributed by atoms with Gasteiger partial charge in [-0.1, -0.05) is 12.8 Å². The number of pyridine rings is 1. The maximum absolute atomic E-state index is 13.0. The van der Waals surface area contributed by atoms with Gasteiger partial charge >= 0.3 is 6.18 Å². The standard InChI is InChI=1S/C12H14F4N2O/c13-8-4-5-10(17-7-8)18-9-3-1-2-6-11(9,19)12(14,15)16/h4-5,7,9,19H,1-3,6H2,(H,17,18)/t9-,11-/m1/s1. The van der Waals surface area contributed by atoms with E-state index in [0.717, 1.165) is 12.3 Å². The molecule has 1 saturated carbocycles. The van der Waals surface area contributed by atoms with Gasteiger partial charge in [0, 0.05) is 0 Å². The zero-order valence-corrected chi connectivity index (χ0v) is 10.0. The van der Waals surface area contributed by atoms with Crippen molar-refractivity contribution in [3.05, 3.63) is 24.1 Å². The summed E-state index contributed by atoms with van der Waals surface area (Å²) in [5, 5.41) is 12.5. The molecule has 1 aliphatic carbocycles. The third kappa shape index (κ3) is 2.80. The second-order valence-corrected chi connectivity index (χ2v) is 4.73. The van der Waals surface area contributed by atoms with Crippen LogP contribution in [-0.2, 0) is 0 Å². The van der Waals surface area contributed by atoms with Crippen molar-refractivity contribution in [3.8, 4) is 0 Å². The zero-order valence-electron chi connectivity index (χ0n) is 10.0. The SMILES string of the molecule is O[C@]1(C(F)(F)F)CCCC[C@H]1Nc1ccc(F)cn1. The molecule has 0 aliphatic heterocycles. The van der Waals surface area contributed by atoms with Crippen LogP contribution in [0.15, 0.2) is 18.3 Å². The number of rotatable bonds is 2. The molecular weight excluding hydrogens is 264 g/mol. The van der Waals surface area contributed by atoms with Gasteiger partial charge in [0.25, 0.3) is 0 Å². The van der Waals surface area contributed by atoms with E-state index in [-0.39, 0.29) is 18.7 Å². The Kier molecular flexibility index (Phi) is 3.66. The summed E-state index contributed by atoms with van der Waals surface area (Å²) in [4.78, 5) is 3.66. The minimum Gasteiger partial charge on any atom is -0.379 e. The van der Waals surface area contributed by atoms with Gasteiger partial charge in [0.15, 0.2) is 5.60 Å². The van der Waals surface area contributed by atoms with Crippen molar-refractivity contribution < 1.29 is 22.7 Å². The summed E-state index contributed by atoms with van der Waals surface area (Å²) >= 11 is 0. The summed E-state index contributed by atoms with van der Waals surface area (Å²) in [5.74, 6) is -0.448. The number of nitrogens with zero attached hydrogens (tertiary/aromatic N) is 1. The third-order valence-electron chi connectivity index (χ3n) is 3.42. The first-order valence-electron chi connectivity index (χ1n) is 6.00. The number of aliphatic hydroxyl groups is 1. The number of hydrogen-bond donors (Lipinski definition) is 2. The molecular formula is C12H14F4N2O. The molecule has 3 nitrogen and oxygen atoms in total. The molecule has 1 aromatic heterocycles. The van der Waals surface area contributed by atoms with E-state index in [9.17, 15) is 22.7 Å². The number of hydrogen-bond acceptors (Lipinski definition) is 3. The summed E-state index contributed by atoms with van der Waals surface area (Å²) in [7, 11) is 0. The van der Waals surface area contributed by atoms with Crippen LogP contribution in [0, 0.1) is 5.82 Å². The largest absolute Gasteiger partial charge is 0.419 e. The molecule has 1 fully saturated rings. The minimum atomic E-state index is -4.70. The molecule has 19 heavy (non-hydrogen) atoms. The quantitative estimate of drug-likeness (QED) is 0.818. The van der Waals surface area contributed by atoms with Crippen LogP contribution in [-0.4, -0.2) is 27.9 Å². The van der Waals surface area contributed by atoms with Gasteiger partial charge in [-0.25, -0.2) is 9.37 Å². The van der Waals surface area contributed by atoms with Crippen LogP contribution in [0.5, 0.6) is 0 Å². The molecule has 2 rings (SSSR count). The second kappa shape index (κ2) is 4.96. The first-order chi connectivity index (χ1) is 8.83. The van der Waals surface area contributed by atoms with E-state index in [1.165, 1.54) is 6.07 Å². The Bertz CT molecular complexity index is 434. The molecule has 1 aromatic rings. The molecule has 1 aliphatic rings. The fourth-order valence-electron chi connectivity index (χ4n) is 2.33. The Morgan fingerprint density at radius 2 is 2.05 bits per heavy atom. The molecule has 0 spiro atoms. The lowest BCUT2D eigenvalue weighted by Gasteiger charge is -2.41. The Hall–Kier alpha value is -1.37. The van der Waals surface area contributed by atoms with E-state index in [4.69, 9.17) is 0 Å². The van der Waals surface area contributed by atoms with Gasteiger partial charge in [-0.05, 0) is 25.0 Å². The first kappa shape index (κ1) is 14.0. The van der Waals surface area contributed by atoms with Crippen molar-refractivity contribution >= 4 is 5.82 Å². The topological polar surface area (TPSA) is 45.1 Å². The molecule has 0 radical (unpaired) electrons. The van der Waals surface area contributed by atoms with Crippen LogP contribution >= 0.6 is 0 Å². The summed E-state index contributed by atoms with van der Waals surface area (Å²) in [6, 6.07) is 1.19. The molecule has 2 atom stereocenters. The van der Waals surface area contributed by atoms with Gasteiger partial charge in [-0.2, -0.15) is 13.2 Å². The highest BCUT2D eigenvalue weighted by Crippen LogP contribution is 2.42. The number of aromatic nitrogens is 1. The maximum Gasteiger partial charge on any atom is 0.419 e. The van der Waals surface area contributed by atoms with Gasteiger partial charge < -0.3 is 10.4 Å². The molecule has 0 unspecified atom stereocenters. The fourth-order valence-corrected chi connectivity index (χ4v) is 2.33. The summed E-state index contributed by atoms with van der Waals surface area (Å²) < 4.78 is 51.6. The second-order valence-electron chi connectivity index (χ2n) is 4.73. The summed E-state index contributed by atoms with van der Waals surface area (Å²) in [6.07, 6.45) is -3.02. The minimum absolute atomic E-state index is 0.121. The van der Waals surface area contributed by atoms with E-state index in [0.29, 0.717) is 12.8 Å². The van der Waals surface area contributed by atoms with E-state index in [1.54, 1.807) is 0 Å². The number of anilines is 1. The molecule has 0 aromatic carbocycles.